The summed E-state index contributed by atoms with van der Waals surface area (Å²) in [5.41, 5.74) is 0. The van der Waals surface area contributed by atoms with Crippen LogP contribution in [0.1, 0.15) is 182 Å². The Bertz CT molecular complexity index is 347. The maximum atomic E-state index is 7.32. The first kappa shape index (κ1) is 36.6. The van der Waals surface area contributed by atoms with E-state index in [4.69, 9.17) is 1.41 Å². The van der Waals surface area contributed by atoms with Gasteiger partial charge in [-0.1, -0.05) is 0 Å². The number of unbranched alkanes of at least 4 members (excludes halogenated alkanes) is 20. The molecule has 0 aromatic carbocycles. The van der Waals surface area contributed by atoms with Crippen molar-refractivity contribution in [2.45, 2.75) is 200 Å². The van der Waals surface area contributed by atoms with E-state index in [0.29, 0.717) is 0 Å². The van der Waals surface area contributed by atoms with Gasteiger partial charge in [0, 0.05) is 0 Å². The van der Waals surface area contributed by atoms with E-state index in [1.807, 2.05) is 0 Å². The summed E-state index contributed by atoms with van der Waals surface area (Å²) in [6, 6.07) is 0. The molecular formula is C32H68OSn2. The molecule has 0 aliphatic heterocycles. The molecule has 1 nitrogen and oxygen atoms in total. The van der Waals surface area contributed by atoms with Crippen LogP contribution in [0.5, 0.6) is 0 Å². The Morgan fingerprint density at radius 1 is 0.371 bits per heavy atom. The van der Waals surface area contributed by atoms with Gasteiger partial charge in [0.2, 0.25) is 0 Å². The van der Waals surface area contributed by atoms with Gasteiger partial charge in [0.15, 0.2) is 0 Å². The molecule has 0 rings (SSSR count). The van der Waals surface area contributed by atoms with Crippen molar-refractivity contribution in [3.8, 4) is 0 Å². The van der Waals surface area contributed by atoms with Crippen LogP contribution in [0.2, 0.25) is 17.7 Å². The van der Waals surface area contributed by atoms with Gasteiger partial charge in [-0.15, -0.1) is 0 Å². The second kappa shape index (κ2) is 30.1. The molecule has 210 valence electrons. The number of hydrogen-bond acceptors (Lipinski definition) is 1. The van der Waals surface area contributed by atoms with Crippen LogP contribution in [0.25, 0.3) is 0 Å². The van der Waals surface area contributed by atoms with Crippen molar-refractivity contribution in [3.05, 3.63) is 0 Å². The third-order valence-electron chi connectivity index (χ3n) is 7.88. The molecule has 35 heavy (non-hydrogen) atoms. The minimum atomic E-state index is -2.41. The summed E-state index contributed by atoms with van der Waals surface area (Å²) in [6.07, 6.45) is 34.9. The van der Waals surface area contributed by atoms with Gasteiger partial charge in [0.05, 0.1) is 0 Å². The molecule has 0 amide bonds. The van der Waals surface area contributed by atoms with Crippen LogP contribution in [-0.2, 0) is 1.41 Å². The molecule has 0 atom stereocenters. The molecule has 0 saturated carbocycles. The van der Waals surface area contributed by atoms with Crippen LogP contribution >= 0.6 is 0 Å². The molecule has 0 aliphatic carbocycles. The standard InChI is InChI=1S/4C8H17.O.2Sn/c4*1-3-5-7-8-6-4-2;;;/h4*1,3-8H2,2H3;;;. The fourth-order valence-electron chi connectivity index (χ4n) is 5.39. The Kier molecular flexibility index (Phi) is 31.4. The molecule has 0 unspecified atom stereocenters. The fraction of sp³-hybridized carbons (Fsp3) is 1.00. The average Bonchev–Trinajstić information content (AvgIpc) is 2.87. The Labute approximate surface area is 239 Å². The third kappa shape index (κ3) is 25.6. The van der Waals surface area contributed by atoms with Gasteiger partial charge in [-0.25, -0.2) is 0 Å². The summed E-state index contributed by atoms with van der Waals surface area (Å²) in [7, 11) is 0. The van der Waals surface area contributed by atoms with Crippen LogP contribution in [0.15, 0.2) is 0 Å². The molecule has 0 aromatic heterocycles. The first-order valence-corrected chi connectivity index (χ1v) is 27.1. The summed E-state index contributed by atoms with van der Waals surface area (Å²) in [4.78, 5) is 0. The monoisotopic (exact) mass is 708 g/mol. The van der Waals surface area contributed by atoms with E-state index in [9.17, 15) is 0 Å². The average molecular weight is 706 g/mol. The van der Waals surface area contributed by atoms with Crippen molar-refractivity contribution in [2.24, 2.45) is 0 Å². The van der Waals surface area contributed by atoms with E-state index in [1.165, 1.54) is 159 Å². The van der Waals surface area contributed by atoms with Gasteiger partial charge < -0.3 is 0 Å². The second-order valence-corrected chi connectivity index (χ2v) is 29.3. The summed E-state index contributed by atoms with van der Waals surface area (Å²) in [5.74, 6) is 0. The Morgan fingerprint density at radius 2 is 0.657 bits per heavy atom. The van der Waals surface area contributed by atoms with Gasteiger partial charge in [0.25, 0.3) is 0 Å². The van der Waals surface area contributed by atoms with Crippen LogP contribution < -0.4 is 0 Å². The molecule has 0 bridgehead atoms. The van der Waals surface area contributed by atoms with Crippen molar-refractivity contribution < 1.29 is 1.41 Å². The van der Waals surface area contributed by atoms with Crippen LogP contribution in [-0.4, -0.2) is 40.3 Å². The van der Waals surface area contributed by atoms with Crippen molar-refractivity contribution in [1.29, 1.82) is 0 Å². The molecule has 0 fully saturated rings. The Morgan fingerprint density at radius 3 is 1.00 bits per heavy atom. The molecule has 0 heterocycles. The zero-order chi connectivity index (χ0) is 25.7. The van der Waals surface area contributed by atoms with Crippen LogP contribution in [0, 0.1) is 0 Å². The van der Waals surface area contributed by atoms with E-state index >= 15 is 0 Å². The summed E-state index contributed by atoms with van der Waals surface area (Å²) in [5, 5.41) is 0. The van der Waals surface area contributed by atoms with Gasteiger partial charge in [-0.05, 0) is 0 Å². The molecule has 2 radical (unpaired) electrons. The summed E-state index contributed by atoms with van der Waals surface area (Å²) < 4.78 is 13.5. The predicted molar refractivity (Wildman–Crippen MR) is 165 cm³/mol. The van der Waals surface area contributed by atoms with Gasteiger partial charge in [0.1, 0.15) is 0 Å². The van der Waals surface area contributed by atoms with Gasteiger partial charge in [-0.3, -0.25) is 0 Å². The van der Waals surface area contributed by atoms with Crippen LogP contribution in [0.4, 0.5) is 0 Å². The van der Waals surface area contributed by atoms with E-state index in [-0.39, 0.29) is 0 Å². The van der Waals surface area contributed by atoms with Crippen molar-refractivity contribution in [3.63, 3.8) is 0 Å². The molecule has 0 spiro atoms. The number of rotatable bonds is 30. The summed E-state index contributed by atoms with van der Waals surface area (Å²) in [6.45, 7) is 9.34. The van der Waals surface area contributed by atoms with E-state index in [0.717, 1.165) is 0 Å². The minimum absolute atomic E-state index is 0.592. The molecule has 0 saturated heterocycles. The second-order valence-electron chi connectivity index (χ2n) is 11.5. The number of hydrogen-bond donors (Lipinski definition) is 0. The van der Waals surface area contributed by atoms with Gasteiger partial charge >= 0.3 is 241 Å². The molecule has 0 aromatic rings. The predicted octanol–water partition coefficient (Wildman–Crippen LogP) is 12.4. The summed E-state index contributed by atoms with van der Waals surface area (Å²) >= 11 is -3.00. The maximum absolute atomic E-state index is 7.32. The zero-order valence-electron chi connectivity index (χ0n) is 25.2. The van der Waals surface area contributed by atoms with Crippen molar-refractivity contribution in [1.82, 2.24) is 0 Å². The molecule has 0 aliphatic rings. The Hall–Kier alpha value is 1.56. The Balaban J connectivity index is 4.74. The van der Waals surface area contributed by atoms with Gasteiger partial charge in [-0.2, -0.15) is 0 Å². The SMILES string of the molecule is CCCCCCC[CH2][Sn][O][Sn]([CH2]CCCCCCC)([CH2]CCCCCCC)[CH2]CCCCCCC. The van der Waals surface area contributed by atoms with E-state index in [1.54, 1.807) is 13.3 Å². The first-order valence-electron chi connectivity index (χ1n) is 16.7. The molecular weight excluding hydrogens is 638 g/mol. The fourth-order valence-corrected chi connectivity index (χ4v) is 32.0. The van der Waals surface area contributed by atoms with E-state index < -0.39 is 40.3 Å². The first-order chi connectivity index (χ1) is 17.2. The molecule has 3 heteroatoms. The third-order valence-corrected chi connectivity index (χ3v) is 33.0. The quantitative estimate of drug-likeness (QED) is 0.0534. The van der Waals surface area contributed by atoms with E-state index in [2.05, 4.69) is 27.7 Å². The van der Waals surface area contributed by atoms with Crippen molar-refractivity contribution >= 4 is 40.3 Å². The van der Waals surface area contributed by atoms with Crippen LogP contribution in [0.3, 0.4) is 0 Å². The zero-order valence-corrected chi connectivity index (χ0v) is 30.9. The molecule has 0 N–H and O–H groups in total. The normalized spacial score (nSPS) is 12.0. The topological polar surface area (TPSA) is 9.23 Å². The van der Waals surface area contributed by atoms with Crippen molar-refractivity contribution in [2.75, 3.05) is 0 Å².